The maximum atomic E-state index is 12.1. The molecule has 0 saturated heterocycles. The number of rotatable bonds is 8. The van der Waals surface area contributed by atoms with Crippen LogP contribution in [0.15, 0.2) is 60.7 Å². The van der Waals surface area contributed by atoms with Crippen LogP contribution in [0.5, 0.6) is 0 Å². The number of carbonyl (C=O) groups is 3. The molecule has 4 amide bonds. The molecule has 7 heteroatoms. The topological polar surface area (TPSA) is 99.3 Å². The number of urea groups is 1. The molecule has 0 aliphatic heterocycles. The summed E-state index contributed by atoms with van der Waals surface area (Å²) in [4.78, 5) is 36.2. The Morgan fingerprint density at radius 2 is 1.04 bits per heavy atom. The summed E-state index contributed by atoms with van der Waals surface area (Å²) in [6.07, 6.45) is 0. The number of carbonyl (C=O) groups excluding carboxylic acids is 3. The van der Waals surface area contributed by atoms with Crippen LogP contribution in [0.3, 0.4) is 0 Å². The third-order valence-electron chi connectivity index (χ3n) is 4.10. The van der Waals surface area contributed by atoms with Crippen molar-refractivity contribution in [3.63, 3.8) is 0 Å². The van der Waals surface area contributed by atoms with Crippen molar-refractivity contribution in [2.45, 2.75) is 39.0 Å². The number of hydrogen-bond acceptors (Lipinski definition) is 3. The van der Waals surface area contributed by atoms with Gasteiger partial charge in [-0.05, 0) is 25.0 Å². The Kier molecular flexibility index (Phi) is 8.02. The van der Waals surface area contributed by atoms with E-state index in [9.17, 15) is 14.4 Å². The van der Waals surface area contributed by atoms with Gasteiger partial charge in [-0.25, -0.2) is 4.79 Å². The summed E-state index contributed by atoms with van der Waals surface area (Å²) in [5, 5.41) is 10.6. The normalized spacial score (nSPS) is 12.4. The Hall–Kier alpha value is -3.35. The Labute approximate surface area is 164 Å². The van der Waals surface area contributed by atoms with E-state index in [1.807, 2.05) is 60.7 Å². The van der Waals surface area contributed by atoms with Gasteiger partial charge in [-0.15, -0.1) is 0 Å². The van der Waals surface area contributed by atoms with Gasteiger partial charge in [-0.1, -0.05) is 60.7 Å². The summed E-state index contributed by atoms with van der Waals surface area (Å²) in [7, 11) is 0. The number of benzene rings is 2. The number of hydrogen-bond donors (Lipinski definition) is 4. The van der Waals surface area contributed by atoms with E-state index in [4.69, 9.17) is 0 Å². The van der Waals surface area contributed by atoms with Crippen LogP contribution in [-0.2, 0) is 22.7 Å². The van der Waals surface area contributed by atoms with Gasteiger partial charge in [0.05, 0.1) is 0 Å². The molecule has 0 aliphatic rings. The average molecular weight is 382 g/mol. The van der Waals surface area contributed by atoms with E-state index in [1.54, 1.807) is 13.8 Å². The highest BCUT2D eigenvalue weighted by atomic mass is 16.2. The summed E-state index contributed by atoms with van der Waals surface area (Å²) in [5.41, 5.74) is 1.94. The molecule has 2 unspecified atom stereocenters. The molecule has 0 bridgehead atoms. The smallest absolute Gasteiger partial charge is 0.316 e. The first-order chi connectivity index (χ1) is 13.5. The average Bonchev–Trinajstić information content (AvgIpc) is 2.71. The van der Waals surface area contributed by atoms with Crippen molar-refractivity contribution in [1.29, 1.82) is 0 Å². The summed E-state index contributed by atoms with van der Waals surface area (Å²) >= 11 is 0. The molecular weight excluding hydrogens is 356 g/mol. The highest BCUT2D eigenvalue weighted by molar-refractivity contribution is 5.89. The lowest BCUT2D eigenvalue weighted by Gasteiger charge is -2.18. The van der Waals surface area contributed by atoms with Crippen LogP contribution in [0.2, 0.25) is 0 Å². The lowest BCUT2D eigenvalue weighted by atomic mass is 10.2. The van der Waals surface area contributed by atoms with Crippen molar-refractivity contribution in [3.8, 4) is 0 Å². The van der Waals surface area contributed by atoms with Crippen molar-refractivity contribution in [2.24, 2.45) is 0 Å². The van der Waals surface area contributed by atoms with Gasteiger partial charge in [0.15, 0.2) is 0 Å². The highest BCUT2D eigenvalue weighted by Crippen LogP contribution is 1.98. The van der Waals surface area contributed by atoms with Crippen LogP contribution >= 0.6 is 0 Å². The fourth-order valence-corrected chi connectivity index (χ4v) is 2.44. The zero-order valence-electron chi connectivity index (χ0n) is 16.1. The molecule has 0 aromatic heterocycles. The van der Waals surface area contributed by atoms with E-state index in [1.165, 1.54) is 0 Å². The Morgan fingerprint density at radius 1 is 0.679 bits per heavy atom. The van der Waals surface area contributed by atoms with Gasteiger partial charge < -0.3 is 21.3 Å². The molecule has 0 saturated carbocycles. The third kappa shape index (κ3) is 7.11. The van der Waals surface area contributed by atoms with Crippen molar-refractivity contribution in [3.05, 3.63) is 71.8 Å². The Balaban J connectivity index is 1.70. The van der Waals surface area contributed by atoms with Crippen molar-refractivity contribution >= 4 is 17.8 Å². The molecule has 0 heterocycles. The van der Waals surface area contributed by atoms with Crippen LogP contribution in [0.25, 0.3) is 0 Å². The summed E-state index contributed by atoms with van der Waals surface area (Å²) in [6, 6.07) is 16.9. The zero-order chi connectivity index (χ0) is 20.4. The second-order valence-electron chi connectivity index (χ2n) is 6.47. The van der Waals surface area contributed by atoms with Gasteiger partial charge in [-0.3, -0.25) is 9.59 Å². The maximum absolute atomic E-state index is 12.1. The van der Waals surface area contributed by atoms with Gasteiger partial charge in [0, 0.05) is 13.1 Å². The fourth-order valence-electron chi connectivity index (χ4n) is 2.44. The minimum absolute atomic E-state index is 0.305. The molecule has 4 N–H and O–H groups in total. The van der Waals surface area contributed by atoms with E-state index < -0.39 is 18.1 Å². The molecule has 148 valence electrons. The first kappa shape index (κ1) is 21.0. The molecule has 28 heavy (non-hydrogen) atoms. The summed E-state index contributed by atoms with van der Waals surface area (Å²) < 4.78 is 0. The zero-order valence-corrected chi connectivity index (χ0v) is 16.1. The second-order valence-corrected chi connectivity index (χ2v) is 6.47. The first-order valence-corrected chi connectivity index (χ1v) is 9.16. The van der Waals surface area contributed by atoms with E-state index in [2.05, 4.69) is 21.3 Å². The molecule has 0 radical (unpaired) electrons. The van der Waals surface area contributed by atoms with E-state index in [0.717, 1.165) is 11.1 Å². The minimum atomic E-state index is -0.733. The molecular formula is C21H26N4O3. The molecule has 7 nitrogen and oxygen atoms in total. The van der Waals surface area contributed by atoms with Gasteiger partial charge in [0.1, 0.15) is 12.1 Å². The van der Waals surface area contributed by atoms with Crippen LogP contribution in [0.1, 0.15) is 25.0 Å². The summed E-state index contributed by atoms with van der Waals surface area (Å²) in [5.74, 6) is -0.611. The highest BCUT2D eigenvalue weighted by Gasteiger charge is 2.19. The third-order valence-corrected chi connectivity index (χ3v) is 4.10. The molecule has 2 rings (SSSR count). The van der Waals surface area contributed by atoms with Crippen LogP contribution in [0.4, 0.5) is 4.79 Å². The van der Waals surface area contributed by atoms with Crippen LogP contribution in [-0.4, -0.2) is 29.9 Å². The predicted octanol–water partition coefficient (Wildman–Crippen LogP) is 1.70. The fraction of sp³-hybridized carbons (Fsp3) is 0.286. The van der Waals surface area contributed by atoms with Crippen molar-refractivity contribution < 1.29 is 14.4 Å². The van der Waals surface area contributed by atoms with E-state index in [-0.39, 0.29) is 11.8 Å². The molecule has 0 spiro atoms. The van der Waals surface area contributed by atoms with Gasteiger partial charge in [0.25, 0.3) is 0 Å². The first-order valence-electron chi connectivity index (χ1n) is 9.16. The lowest BCUT2D eigenvalue weighted by molar-refractivity contribution is -0.123. The SMILES string of the molecule is CC(NC(=O)NC(C)C(=O)NCc1ccccc1)C(=O)NCc1ccccc1. The van der Waals surface area contributed by atoms with Crippen LogP contribution < -0.4 is 21.3 Å². The Morgan fingerprint density at radius 3 is 1.39 bits per heavy atom. The second kappa shape index (κ2) is 10.7. The number of amides is 4. The van der Waals surface area contributed by atoms with Crippen LogP contribution in [0, 0.1) is 0 Å². The van der Waals surface area contributed by atoms with Gasteiger partial charge in [-0.2, -0.15) is 0 Å². The largest absolute Gasteiger partial charge is 0.350 e. The predicted molar refractivity (Wildman–Crippen MR) is 107 cm³/mol. The standard InChI is InChI=1S/C21H26N4O3/c1-15(19(26)22-13-17-9-5-3-6-10-17)24-21(28)25-16(2)20(27)23-14-18-11-7-4-8-12-18/h3-12,15-16H,13-14H2,1-2H3,(H,22,26)(H,23,27)(H2,24,25,28). The summed E-state index contributed by atoms with van der Waals surface area (Å²) in [6.45, 7) is 3.93. The maximum Gasteiger partial charge on any atom is 0.316 e. The van der Waals surface area contributed by atoms with Crippen molar-refractivity contribution in [1.82, 2.24) is 21.3 Å². The lowest BCUT2D eigenvalue weighted by Crippen LogP contribution is -2.53. The Bertz CT molecular complexity index is 715. The quantitative estimate of drug-likeness (QED) is 0.559. The van der Waals surface area contributed by atoms with Crippen molar-refractivity contribution in [2.75, 3.05) is 0 Å². The molecule has 0 aliphatic carbocycles. The number of nitrogens with one attached hydrogen (secondary N) is 4. The molecule has 2 atom stereocenters. The van der Waals surface area contributed by atoms with Gasteiger partial charge in [0.2, 0.25) is 11.8 Å². The molecule has 2 aromatic rings. The minimum Gasteiger partial charge on any atom is -0.350 e. The van der Waals surface area contributed by atoms with Gasteiger partial charge >= 0.3 is 6.03 Å². The monoisotopic (exact) mass is 382 g/mol. The van der Waals surface area contributed by atoms with E-state index >= 15 is 0 Å². The van der Waals surface area contributed by atoms with E-state index in [0.29, 0.717) is 13.1 Å². The molecule has 2 aromatic carbocycles. The molecule has 0 fully saturated rings.